The number of pyridine rings is 1. The maximum Gasteiger partial charge on any atom is 0.341 e. The Kier molecular flexibility index (Phi) is 4.24. The van der Waals surface area contributed by atoms with Crippen molar-refractivity contribution in [3.8, 4) is 5.88 Å². The van der Waals surface area contributed by atoms with Gasteiger partial charge in [0, 0.05) is 11.2 Å². The SMILES string of the molecule is O=C(O)c1cc(Cl)cnc1OCc1ccc(Cl)cc1. The van der Waals surface area contributed by atoms with Crippen molar-refractivity contribution in [1.29, 1.82) is 0 Å². The van der Waals surface area contributed by atoms with Crippen LogP contribution in [-0.2, 0) is 6.61 Å². The first-order valence-corrected chi connectivity index (χ1v) is 6.08. The Balaban J connectivity index is 2.15. The number of rotatable bonds is 4. The second-order valence-corrected chi connectivity index (χ2v) is 4.60. The van der Waals surface area contributed by atoms with Crippen LogP contribution in [0.15, 0.2) is 36.5 Å². The standard InChI is InChI=1S/C13H9Cl2NO3/c14-9-3-1-8(2-4-9)7-19-12-11(13(17)18)5-10(15)6-16-12/h1-6H,7H2,(H,17,18). The summed E-state index contributed by atoms with van der Waals surface area (Å²) in [4.78, 5) is 14.9. The summed E-state index contributed by atoms with van der Waals surface area (Å²) in [5, 5.41) is 9.90. The zero-order valence-corrected chi connectivity index (χ0v) is 11.1. The Hall–Kier alpha value is -1.78. The minimum absolute atomic E-state index is 0.0341. The summed E-state index contributed by atoms with van der Waals surface area (Å²) >= 11 is 11.5. The molecule has 0 aliphatic rings. The molecule has 19 heavy (non-hydrogen) atoms. The molecule has 0 aliphatic carbocycles. The fourth-order valence-electron chi connectivity index (χ4n) is 1.43. The summed E-state index contributed by atoms with van der Waals surface area (Å²) in [6.07, 6.45) is 1.34. The molecule has 0 saturated heterocycles. The maximum absolute atomic E-state index is 11.0. The number of carbonyl (C=O) groups is 1. The average Bonchev–Trinajstić information content (AvgIpc) is 2.39. The molecule has 4 nitrogen and oxygen atoms in total. The summed E-state index contributed by atoms with van der Waals surface area (Å²) < 4.78 is 5.39. The molecule has 1 aromatic heterocycles. The third kappa shape index (κ3) is 3.59. The lowest BCUT2D eigenvalue weighted by atomic mass is 10.2. The van der Waals surface area contributed by atoms with E-state index in [1.54, 1.807) is 24.3 Å². The van der Waals surface area contributed by atoms with Gasteiger partial charge in [-0.05, 0) is 23.8 Å². The number of benzene rings is 1. The van der Waals surface area contributed by atoms with Crippen molar-refractivity contribution in [2.75, 3.05) is 0 Å². The summed E-state index contributed by atoms with van der Waals surface area (Å²) in [6.45, 7) is 0.200. The molecule has 0 radical (unpaired) electrons. The minimum Gasteiger partial charge on any atom is -0.477 e. The Morgan fingerprint density at radius 1 is 1.21 bits per heavy atom. The van der Waals surface area contributed by atoms with Gasteiger partial charge in [0.25, 0.3) is 0 Å². The topological polar surface area (TPSA) is 59.4 Å². The number of halogens is 2. The summed E-state index contributed by atoms with van der Waals surface area (Å²) in [7, 11) is 0. The number of carboxylic acid groups (broad SMARTS) is 1. The minimum atomic E-state index is -1.14. The fraction of sp³-hybridized carbons (Fsp3) is 0.0769. The van der Waals surface area contributed by atoms with E-state index in [-0.39, 0.29) is 23.1 Å². The fourth-order valence-corrected chi connectivity index (χ4v) is 1.71. The zero-order chi connectivity index (χ0) is 13.8. The first-order valence-electron chi connectivity index (χ1n) is 5.32. The van der Waals surface area contributed by atoms with Crippen molar-refractivity contribution in [1.82, 2.24) is 4.98 Å². The Morgan fingerprint density at radius 2 is 1.89 bits per heavy atom. The Morgan fingerprint density at radius 3 is 2.53 bits per heavy atom. The van der Waals surface area contributed by atoms with Crippen LogP contribution in [0.4, 0.5) is 0 Å². The average molecular weight is 298 g/mol. The van der Waals surface area contributed by atoms with Crippen molar-refractivity contribution in [3.63, 3.8) is 0 Å². The van der Waals surface area contributed by atoms with Gasteiger partial charge in [-0.3, -0.25) is 0 Å². The van der Waals surface area contributed by atoms with Gasteiger partial charge >= 0.3 is 5.97 Å². The number of carboxylic acids is 1. The van der Waals surface area contributed by atoms with Gasteiger partial charge in [0.15, 0.2) is 0 Å². The van der Waals surface area contributed by atoms with E-state index in [9.17, 15) is 4.79 Å². The van der Waals surface area contributed by atoms with Crippen LogP contribution in [0.2, 0.25) is 10.0 Å². The lowest BCUT2D eigenvalue weighted by molar-refractivity contribution is 0.0690. The van der Waals surface area contributed by atoms with Crippen LogP contribution in [0.1, 0.15) is 15.9 Å². The molecule has 1 N–H and O–H groups in total. The predicted octanol–water partition coefficient (Wildman–Crippen LogP) is 3.67. The molecule has 0 spiro atoms. The molecule has 0 aliphatic heterocycles. The van der Waals surface area contributed by atoms with Crippen LogP contribution < -0.4 is 4.74 Å². The van der Waals surface area contributed by atoms with Gasteiger partial charge in [-0.15, -0.1) is 0 Å². The largest absolute Gasteiger partial charge is 0.477 e. The van der Waals surface area contributed by atoms with E-state index in [0.717, 1.165) is 5.56 Å². The van der Waals surface area contributed by atoms with Crippen molar-refractivity contribution in [2.45, 2.75) is 6.61 Å². The van der Waals surface area contributed by atoms with E-state index in [2.05, 4.69) is 4.98 Å². The van der Waals surface area contributed by atoms with Gasteiger partial charge in [0.05, 0.1) is 5.02 Å². The van der Waals surface area contributed by atoms with Gasteiger partial charge < -0.3 is 9.84 Å². The van der Waals surface area contributed by atoms with Gasteiger partial charge in [-0.2, -0.15) is 0 Å². The Bertz CT molecular complexity index is 599. The molecule has 6 heteroatoms. The molecular formula is C13H9Cl2NO3. The predicted molar refractivity (Wildman–Crippen MR) is 72.0 cm³/mol. The van der Waals surface area contributed by atoms with Gasteiger partial charge in [-0.1, -0.05) is 35.3 Å². The normalized spacial score (nSPS) is 10.2. The number of aromatic carboxylic acids is 1. The van der Waals surface area contributed by atoms with E-state index < -0.39 is 5.97 Å². The molecule has 98 valence electrons. The quantitative estimate of drug-likeness (QED) is 0.935. The molecule has 0 bridgehead atoms. The third-order valence-electron chi connectivity index (χ3n) is 2.34. The Labute approximate surface area is 119 Å². The van der Waals surface area contributed by atoms with E-state index in [1.165, 1.54) is 12.3 Å². The number of nitrogens with zero attached hydrogens (tertiary/aromatic N) is 1. The van der Waals surface area contributed by atoms with Crippen LogP contribution in [0.25, 0.3) is 0 Å². The molecule has 0 unspecified atom stereocenters. The highest BCUT2D eigenvalue weighted by atomic mass is 35.5. The van der Waals surface area contributed by atoms with Crippen molar-refractivity contribution < 1.29 is 14.6 Å². The summed E-state index contributed by atoms with van der Waals surface area (Å²) in [5.74, 6) is -1.10. The van der Waals surface area contributed by atoms with Crippen LogP contribution in [0, 0.1) is 0 Å². The van der Waals surface area contributed by atoms with E-state index >= 15 is 0 Å². The molecule has 2 rings (SSSR count). The third-order valence-corrected chi connectivity index (χ3v) is 2.80. The highest BCUT2D eigenvalue weighted by molar-refractivity contribution is 6.31. The molecular weight excluding hydrogens is 289 g/mol. The lowest BCUT2D eigenvalue weighted by Crippen LogP contribution is -2.05. The van der Waals surface area contributed by atoms with Gasteiger partial charge in [-0.25, -0.2) is 9.78 Å². The highest BCUT2D eigenvalue weighted by Crippen LogP contribution is 2.21. The maximum atomic E-state index is 11.0. The molecule has 1 aromatic carbocycles. The number of hydrogen-bond acceptors (Lipinski definition) is 3. The summed E-state index contributed by atoms with van der Waals surface area (Å²) in [6, 6.07) is 8.34. The van der Waals surface area contributed by atoms with E-state index in [1.807, 2.05) is 0 Å². The molecule has 0 saturated carbocycles. The number of aromatic nitrogens is 1. The molecule has 2 aromatic rings. The first-order chi connectivity index (χ1) is 9.06. The van der Waals surface area contributed by atoms with Crippen molar-refractivity contribution in [3.05, 3.63) is 57.7 Å². The van der Waals surface area contributed by atoms with Crippen LogP contribution in [0.3, 0.4) is 0 Å². The van der Waals surface area contributed by atoms with Crippen LogP contribution in [0.5, 0.6) is 5.88 Å². The van der Waals surface area contributed by atoms with Gasteiger partial charge in [0.1, 0.15) is 12.2 Å². The van der Waals surface area contributed by atoms with E-state index in [4.69, 9.17) is 33.0 Å². The second-order valence-electron chi connectivity index (χ2n) is 3.73. The lowest BCUT2D eigenvalue weighted by Gasteiger charge is -2.08. The molecule has 0 fully saturated rings. The van der Waals surface area contributed by atoms with Gasteiger partial charge in [0.2, 0.25) is 5.88 Å². The zero-order valence-electron chi connectivity index (χ0n) is 9.64. The smallest absolute Gasteiger partial charge is 0.341 e. The van der Waals surface area contributed by atoms with Crippen molar-refractivity contribution in [2.24, 2.45) is 0 Å². The molecule has 0 amide bonds. The number of hydrogen-bond donors (Lipinski definition) is 1. The van der Waals surface area contributed by atoms with Crippen LogP contribution in [-0.4, -0.2) is 16.1 Å². The van der Waals surface area contributed by atoms with Crippen molar-refractivity contribution >= 4 is 29.2 Å². The van der Waals surface area contributed by atoms with Crippen LogP contribution >= 0.6 is 23.2 Å². The monoisotopic (exact) mass is 297 g/mol. The number of ether oxygens (including phenoxy) is 1. The molecule has 1 heterocycles. The summed E-state index contributed by atoms with van der Waals surface area (Å²) in [5.41, 5.74) is 0.791. The highest BCUT2D eigenvalue weighted by Gasteiger charge is 2.13. The first kappa shape index (κ1) is 13.6. The molecule has 0 atom stereocenters. The second kappa shape index (κ2) is 5.91. The van der Waals surface area contributed by atoms with E-state index in [0.29, 0.717) is 5.02 Å².